The first-order chi connectivity index (χ1) is 12.1. The molecule has 0 aliphatic rings. The van der Waals surface area contributed by atoms with E-state index in [1.165, 1.54) is 0 Å². The van der Waals surface area contributed by atoms with Gasteiger partial charge in [0.05, 0.1) is 6.10 Å². The van der Waals surface area contributed by atoms with Crippen LogP contribution in [-0.4, -0.2) is 42.5 Å². The summed E-state index contributed by atoms with van der Waals surface area (Å²) in [5.41, 5.74) is 1.14. The van der Waals surface area contributed by atoms with Crippen LogP contribution in [0.4, 0.5) is 11.5 Å². The molecule has 0 aliphatic heterocycles. The molecule has 0 saturated carbocycles. The average Bonchev–Trinajstić information content (AvgIpc) is 2.60. The van der Waals surface area contributed by atoms with Gasteiger partial charge in [-0.2, -0.15) is 0 Å². The third-order valence-corrected chi connectivity index (χ3v) is 3.21. The number of aromatic nitrogens is 2. The van der Waals surface area contributed by atoms with Crippen molar-refractivity contribution in [2.45, 2.75) is 26.4 Å². The summed E-state index contributed by atoms with van der Waals surface area (Å²) in [4.78, 5) is 11.9. The van der Waals surface area contributed by atoms with E-state index >= 15 is 0 Å². The van der Waals surface area contributed by atoms with E-state index < -0.39 is 0 Å². The molecular weight excluding hydrogens is 320 g/mol. The largest absolute Gasteiger partial charge is 0.491 e. The lowest BCUT2D eigenvalue weighted by molar-refractivity contribution is 0.0942. The summed E-state index contributed by atoms with van der Waals surface area (Å²) < 4.78 is 10.5. The Balaban J connectivity index is 1.88. The van der Waals surface area contributed by atoms with Gasteiger partial charge in [-0.1, -0.05) is 0 Å². The second-order valence-electron chi connectivity index (χ2n) is 5.72. The molecule has 1 heterocycles. The van der Waals surface area contributed by atoms with E-state index in [0.717, 1.165) is 17.9 Å². The third kappa shape index (κ3) is 6.39. The molecule has 0 bridgehead atoms. The zero-order valence-corrected chi connectivity index (χ0v) is 14.8. The van der Waals surface area contributed by atoms with Crippen LogP contribution in [0.15, 0.2) is 36.4 Å². The fourth-order valence-corrected chi connectivity index (χ4v) is 2.07. The molecule has 2 aromatic rings. The monoisotopic (exact) mass is 344 g/mol. The lowest BCUT2D eigenvalue weighted by Crippen LogP contribution is -2.26. The van der Waals surface area contributed by atoms with Crippen molar-refractivity contribution >= 4 is 17.4 Å². The number of hydrogen-bond acceptors (Lipinski definition) is 6. The molecule has 0 saturated heterocycles. The summed E-state index contributed by atoms with van der Waals surface area (Å²) >= 11 is 0. The number of anilines is 2. The zero-order chi connectivity index (χ0) is 18.1. The van der Waals surface area contributed by atoms with Crippen molar-refractivity contribution in [3.63, 3.8) is 0 Å². The van der Waals surface area contributed by atoms with Crippen LogP contribution in [0.1, 0.15) is 30.8 Å². The second-order valence-corrected chi connectivity index (χ2v) is 5.72. The van der Waals surface area contributed by atoms with E-state index in [1.54, 1.807) is 19.2 Å². The number of ether oxygens (including phenoxy) is 2. The summed E-state index contributed by atoms with van der Waals surface area (Å²) in [5.74, 6) is 1.13. The van der Waals surface area contributed by atoms with Crippen LogP contribution in [0.5, 0.6) is 5.75 Å². The first kappa shape index (κ1) is 18.7. The molecule has 134 valence electrons. The Morgan fingerprint density at radius 1 is 1.12 bits per heavy atom. The lowest BCUT2D eigenvalue weighted by atomic mass is 10.3. The molecule has 0 radical (unpaired) electrons. The number of rotatable bonds is 9. The Hall–Kier alpha value is -2.67. The summed E-state index contributed by atoms with van der Waals surface area (Å²) in [5, 5.41) is 13.9. The molecule has 1 aromatic heterocycles. The van der Waals surface area contributed by atoms with E-state index in [-0.39, 0.29) is 17.7 Å². The van der Waals surface area contributed by atoms with E-state index in [1.807, 2.05) is 38.1 Å². The first-order valence-corrected chi connectivity index (χ1v) is 8.23. The second kappa shape index (κ2) is 9.58. The van der Waals surface area contributed by atoms with Crippen LogP contribution in [0, 0.1) is 0 Å². The van der Waals surface area contributed by atoms with Crippen LogP contribution in [0.2, 0.25) is 0 Å². The number of nitrogens with zero attached hydrogens (tertiary/aromatic N) is 2. The van der Waals surface area contributed by atoms with Gasteiger partial charge in [0.2, 0.25) is 0 Å². The van der Waals surface area contributed by atoms with Crippen LogP contribution in [-0.2, 0) is 4.74 Å². The van der Waals surface area contributed by atoms with Crippen molar-refractivity contribution in [3.05, 3.63) is 42.1 Å². The predicted octanol–water partition coefficient (Wildman–Crippen LogP) is 2.77. The van der Waals surface area contributed by atoms with Gasteiger partial charge in [-0.25, -0.2) is 0 Å². The molecule has 1 aromatic carbocycles. The Morgan fingerprint density at radius 3 is 2.48 bits per heavy atom. The standard InChI is InChI=1S/C18H24N4O3/c1-13(2)25-15-7-5-14(6-8-15)20-17-10-9-16(21-22-17)18(23)19-11-4-12-24-3/h5-10,13H,4,11-12H2,1-3H3,(H,19,23)(H,20,22). The van der Waals surface area contributed by atoms with Crippen molar-refractivity contribution in [3.8, 4) is 5.75 Å². The molecule has 0 aliphatic carbocycles. The van der Waals surface area contributed by atoms with Crippen LogP contribution >= 0.6 is 0 Å². The van der Waals surface area contributed by atoms with E-state index in [9.17, 15) is 4.79 Å². The summed E-state index contributed by atoms with van der Waals surface area (Å²) in [6.45, 7) is 5.11. The normalized spacial score (nSPS) is 10.6. The molecular formula is C18H24N4O3. The maximum absolute atomic E-state index is 11.9. The van der Waals surface area contributed by atoms with Gasteiger partial charge < -0.3 is 20.1 Å². The number of methoxy groups -OCH3 is 1. The smallest absolute Gasteiger partial charge is 0.271 e. The number of hydrogen-bond donors (Lipinski definition) is 2. The zero-order valence-electron chi connectivity index (χ0n) is 14.8. The molecule has 0 atom stereocenters. The van der Waals surface area contributed by atoms with Crippen molar-refractivity contribution < 1.29 is 14.3 Å². The van der Waals surface area contributed by atoms with Gasteiger partial charge in [0.15, 0.2) is 11.5 Å². The number of nitrogens with one attached hydrogen (secondary N) is 2. The van der Waals surface area contributed by atoms with E-state index in [0.29, 0.717) is 19.0 Å². The molecule has 2 N–H and O–H groups in total. The summed E-state index contributed by atoms with van der Waals surface area (Å²) in [6, 6.07) is 10.9. The molecule has 0 unspecified atom stereocenters. The van der Waals surface area contributed by atoms with Gasteiger partial charge in [0, 0.05) is 25.9 Å². The van der Waals surface area contributed by atoms with Crippen molar-refractivity contribution in [1.29, 1.82) is 0 Å². The average molecular weight is 344 g/mol. The quantitative estimate of drug-likeness (QED) is 0.681. The minimum absolute atomic E-state index is 0.137. The fraction of sp³-hybridized carbons (Fsp3) is 0.389. The van der Waals surface area contributed by atoms with Gasteiger partial charge in [-0.05, 0) is 56.7 Å². The van der Waals surface area contributed by atoms with Crippen molar-refractivity contribution in [1.82, 2.24) is 15.5 Å². The predicted molar refractivity (Wildman–Crippen MR) is 96.3 cm³/mol. The maximum Gasteiger partial charge on any atom is 0.271 e. The van der Waals surface area contributed by atoms with E-state index in [4.69, 9.17) is 9.47 Å². The van der Waals surface area contributed by atoms with Gasteiger partial charge in [-0.15, -0.1) is 10.2 Å². The topological polar surface area (TPSA) is 85.4 Å². The van der Waals surface area contributed by atoms with Gasteiger partial charge in [0.1, 0.15) is 5.75 Å². The Morgan fingerprint density at radius 2 is 1.88 bits per heavy atom. The highest BCUT2D eigenvalue weighted by molar-refractivity contribution is 5.92. The highest BCUT2D eigenvalue weighted by Crippen LogP contribution is 2.19. The molecule has 1 amide bonds. The molecule has 7 nitrogen and oxygen atoms in total. The lowest BCUT2D eigenvalue weighted by Gasteiger charge is -2.10. The molecule has 0 spiro atoms. The Bertz CT molecular complexity index is 657. The minimum atomic E-state index is -0.245. The van der Waals surface area contributed by atoms with E-state index in [2.05, 4.69) is 20.8 Å². The molecule has 0 fully saturated rings. The summed E-state index contributed by atoms with van der Waals surface area (Å²) in [7, 11) is 1.63. The fourth-order valence-electron chi connectivity index (χ4n) is 2.07. The first-order valence-electron chi connectivity index (χ1n) is 8.23. The number of amides is 1. The highest BCUT2D eigenvalue weighted by atomic mass is 16.5. The minimum Gasteiger partial charge on any atom is -0.491 e. The summed E-state index contributed by atoms with van der Waals surface area (Å²) in [6.07, 6.45) is 0.893. The SMILES string of the molecule is COCCCNC(=O)c1ccc(Nc2ccc(OC(C)C)cc2)nn1. The molecule has 25 heavy (non-hydrogen) atoms. The van der Waals surface area contributed by atoms with Crippen LogP contribution < -0.4 is 15.4 Å². The van der Waals surface area contributed by atoms with Crippen molar-refractivity contribution in [2.24, 2.45) is 0 Å². The molecule has 2 rings (SSSR count). The number of carbonyl (C=O) groups is 1. The Labute approximate surface area is 147 Å². The number of benzene rings is 1. The van der Waals surface area contributed by atoms with Gasteiger partial charge >= 0.3 is 0 Å². The third-order valence-electron chi connectivity index (χ3n) is 3.21. The van der Waals surface area contributed by atoms with Gasteiger partial charge in [0.25, 0.3) is 5.91 Å². The number of carbonyl (C=O) groups excluding carboxylic acids is 1. The van der Waals surface area contributed by atoms with Crippen LogP contribution in [0.3, 0.4) is 0 Å². The maximum atomic E-state index is 11.9. The Kier molecular flexibility index (Phi) is 7.16. The highest BCUT2D eigenvalue weighted by Gasteiger charge is 2.07. The van der Waals surface area contributed by atoms with Crippen molar-refractivity contribution in [2.75, 3.05) is 25.6 Å². The van der Waals surface area contributed by atoms with Crippen LogP contribution in [0.25, 0.3) is 0 Å². The van der Waals surface area contributed by atoms with Gasteiger partial charge in [-0.3, -0.25) is 4.79 Å². The molecule has 7 heteroatoms.